The molecular weight excluding hydrogens is 492 g/mol. The fourth-order valence-electron chi connectivity index (χ4n) is 5.86. The normalized spacial score (nSPS) is 20.4. The molecule has 2 aromatic rings. The Bertz CT molecular complexity index is 1290. The zero-order chi connectivity index (χ0) is 28.2. The van der Waals surface area contributed by atoms with Crippen LogP contribution in [0.4, 0.5) is 0 Å². The van der Waals surface area contributed by atoms with E-state index in [0.717, 1.165) is 34.2 Å². The van der Waals surface area contributed by atoms with Crippen molar-refractivity contribution in [3.63, 3.8) is 0 Å². The minimum atomic E-state index is -0.867. The molecule has 4 rings (SSSR count). The monoisotopic (exact) mass is 528 g/mol. The highest BCUT2D eigenvalue weighted by molar-refractivity contribution is 5.97. The number of carbonyl (C=O) groups excluding carboxylic acids is 2. The number of fused-ring (bicyclic) bond motifs is 2. The summed E-state index contributed by atoms with van der Waals surface area (Å²) in [4.78, 5) is 26.5. The van der Waals surface area contributed by atoms with E-state index in [2.05, 4.69) is 28.5 Å². The van der Waals surface area contributed by atoms with Gasteiger partial charge in [0.1, 0.15) is 11.9 Å². The molecule has 10 nitrogen and oxygen atoms in total. The van der Waals surface area contributed by atoms with E-state index in [9.17, 15) is 14.9 Å². The van der Waals surface area contributed by atoms with Gasteiger partial charge in [-0.2, -0.15) is 10.4 Å². The number of rotatable bonds is 9. The molecule has 0 saturated carbocycles. The van der Waals surface area contributed by atoms with Gasteiger partial charge in [0.2, 0.25) is 11.8 Å². The van der Waals surface area contributed by atoms with Gasteiger partial charge in [-0.25, -0.2) is 0 Å². The number of hydrazone groups is 1. The minimum Gasteiger partial charge on any atom is -0.399 e. The Morgan fingerprint density at radius 2 is 1.77 bits per heavy atom. The first-order valence-electron chi connectivity index (χ1n) is 13.1. The highest BCUT2D eigenvalue weighted by Gasteiger charge is 2.43. The number of amides is 2. The van der Waals surface area contributed by atoms with Gasteiger partial charge in [0.15, 0.2) is 0 Å². The predicted molar refractivity (Wildman–Crippen MR) is 151 cm³/mol. The van der Waals surface area contributed by atoms with Gasteiger partial charge in [-0.3, -0.25) is 9.59 Å². The van der Waals surface area contributed by atoms with Crippen LogP contribution < -0.4 is 27.9 Å². The molecule has 8 N–H and O–H groups in total. The predicted octanol–water partition coefficient (Wildman–Crippen LogP) is 1.09. The number of benzene rings is 2. The molecule has 2 amide bonds. The zero-order valence-electron chi connectivity index (χ0n) is 22.3. The fourth-order valence-corrected chi connectivity index (χ4v) is 5.86. The van der Waals surface area contributed by atoms with E-state index in [1.165, 1.54) is 0 Å². The van der Waals surface area contributed by atoms with E-state index in [4.69, 9.17) is 17.2 Å². The molecule has 39 heavy (non-hydrogen) atoms. The first-order chi connectivity index (χ1) is 18.7. The van der Waals surface area contributed by atoms with Crippen LogP contribution in [-0.4, -0.2) is 55.3 Å². The van der Waals surface area contributed by atoms with Crippen LogP contribution in [0.25, 0.3) is 5.70 Å². The van der Waals surface area contributed by atoms with Gasteiger partial charge in [-0.1, -0.05) is 24.8 Å². The lowest BCUT2D eigenvalue weighted by Crippen LogP contribution is -2.47. The highest BCUT2D eigenvalue weighted by atomic mass is 16.2. The molecule has 2 unspecified atom stereocenters. The van der Waals surface area contributed by atoms with Crippen LogP contribution in [0.1, 0.15) is 57.4 Å². The maximum absolute atomic E-state index is 12.8. The van der Waals surface area contributed by atoms with Gasteiger partial charge >= 0.3 is 0 Å². The minimum absolute atomic E-state index is 0.0937. The number of primary amides is 1. The molecule has 1 heterocycles. The summed E-state index contributed by atoms with van der Waals surface area (Å²) in [5.74, 6) is -0.233. The Morgan fingerprint density at radius 1 is 1.13 bits per heavy atom. The van der Waals surface area contributed by atoms with Crippen molar-refractivity contribution < 1.29 is 9.59 Å². The van der Waals surface area contributed by atoms with Crippen LogP contribution >= 0.6 is 0 Å². The van der Waals surface area contributed by atoms with Crippen LogP contribution in [0.2, 0.25) is 0 Å². The molecule has 2 aromatic carbocycles. The van der Waals surface area contributed by atoms with E-state index >= 15 is 0 Å². The number of nitriles is 1. The van der Waals surface area contributed by atoms with Crippen LogP contribution in [0.15, 0.2) is 48.1 Å². The molecule has 204 valence electrons. The van der Waals surface area contributed by atoms with E-state index in [-0.39, 0.29) is 18.5 Å². The molecule has 2 aliphatic rings. The summed E-state index contributed by atoms with van der Waals surface area (Å²) in [6.45, 7) is 5.05. The average molecular weight is 529 g/mol. The second-order valence-electron chi connectivity index (χ2n) is 10.1. The maximum atomic E-state index is 12.8. The number of nitrogens with zero attached hydrogens (tertiary/aromatic N) is 3. The molecule has 1 fully saturated rings. The third-order valence-electron chi connectivity index (χ3n) is 7.79. The number of hydrogen-bond donors (Lipinski definition) is 5. The third-order valence-corrected chi connectivity index (χ3v) is 7.79. The standard InChI is InChI=1S/C29H36N8O2/c1-18(31)19-7-9-24-20(14-19)5-6-21-15-22(27(32)39)8-10-25(21)29(24,28(33)36-34-2)11-12-35-17-26(38)37-13-3-4-23(37)16-30/h7-10,14-15,23,34-35H,1,3-6,11-13,17,31H2,2H3,(H2,32,39)(H2,33,36). The quantitative estimate of drug-likeness (QED) is 0.140. The molecule has 0 bridgehead atoms. The van der Waals surface area contributed by atoms with Gasteiger partial charge in [0, 0.05) is 24.9 Å². The average Bonchev–Trinajstić information content (AvgIpc) is 3.36. The Balaban J connectivity index is 1.75. The smallest absolute Gasteiger partial charge is 0.248 e. The molecule has 0 spiro atoms. The van der Waals surface area contributed by atoms with Crippen molar-refractivity contribution >= 4 is 23.3 Å². The van der Waals surface area contributed by atoms with Crippen LogP contribution in [0.5, 0.6) is 0 Å². The van der Waals surface area contributed by atoms with Gasteiger partial charge < -0.3 is 32.8 Å². The summed E-state index contributed by atoms with van der Waals surface area (Å²) >= 11 is 0. The van der Waals surface area contributed by atoms with Crippen molar-refractivity contribution in [2.75, 3.05) is 26.7 Å². The Labute approximate surface area is 228 Å². The second-order valence-corrected chi connectivity index (χ2v) is 10.1. The second kappa shape index (κ2) is 11.6. The fraction of sp³-hybridized carbons (Fsp3) is 0.379. The van der Waals surface area contributed by atoms with E-state index in [1.54, 1.807) is 18.0 Å². The lowest BCUT2D eigenvalue weighted by Gasteiger charge is -2.36. The number of likely N-dealkylation sites (tertiary alicyclic amines) is 1. The number of carbonyl (C=O) groups is 2. The van der Waals surface area contributed by atoms with Gasteiger partial charge in [-0.05, 0) is 84.7 Å². The van der Waals surface area contributed by atoms with Gasteiger partial charge in [0.25, 0.3) is 0 Å². The lowest BCUT2D eigenvalue weighted by atomic mass is 9.68. The molecule has 0 aromatic heterocycles. The summed E-state index contributed by atoms with van der Waals surface area (Å²) in [7, 11) is 1.69. The van der Waals surface area contributed by atoms with E-state index in [0.29, 0.717) is 55.9 Å². The molecule has 1 saturated heterocycles. The zero-order valence-corrected chi connectivity index (χ0v) is 22.3. The molecule has 0 radical (unpaired) electrons. The number of aryl methyl sites for hydroxylation is 2. The summed E-state index contributed by atoms with van der Waals surface area (Å²) in [5.41, 5.74) is 26.0. The van der Waals surface area contributed by atoms with Crippen molar-refractivity contribution in [3.8, 4) is 6.07 Å². The number of nitrogens with two attached hydrogens (primary N) is 3. The largest absolute Gasteiger partial charge is 0.399 e. The third kappa shape index (κ3) is 5.31. The summed E-state index contributed by atoms with van der Waals surface area (Å²) in [6, 6.07) is 13.3. The molecule has 1 aliphatic carbocycles. The topological polar surface area (TPSA) is 176 Å². The molecular formula is C29H36N8O2. The van der Waals surface area contributed by atoms with Gasteiger partial charge in [0.05, 0.1) is 18.0 Å². The molecule has 2 atom stereocenters. The Morgan fingerprint density at radius 3 is 2.36 bits per heavy atom. The number of amidine groups is 1. The van der Waals surface area contributed by atoms with Crippen molar-refractivity contribution in [3.05, 3.63) is 76.4 Å². The first kappa shape index (κ1) is 27.7. The van der Waals surface area contributed by atoms with Crippen molar-refractivity contribution in [2.24, 2.45) is 22.3 Å². The Kier molecular flexibility index (Phi) is 8.21. The molecule has 1 aliphatic heterocycles. The number of nitrogens with one attached hydrogen (secondary N) is 2. The van der Waals surface area contributed by atoms with Crippen LogP contribution in [-0.2, 0) is 23.1 Å². The van der Waals surface area contributed by atoms with Crippen LogP contribution in [0.3, 0.4) is 0 Å². The van der Waals surface area contributed by atoms with E-state index in [1.807, 2.05) is 30.3 Å². The van der Waals surface area contributed by atoms with Gasteiger partial charge in [-0.15, -0.1) is 0 Å². The van der Waals surface area contributed by atoms with E-state index < -0.39 is 11.3 Å². The Hall–Kier alpha value is -4.36. The lowest BCUT2D eigenvalue weighted by molar-refractivity contribution is -0.130. The highest BCUT2D eigenvalue weighted by Crippen LogP contribution is 2.43. The first-order valence-corrected chi connectivity index (χ1v) is 13.1. The van der Waals surface area contributed by atoms with Crippen molar-refractivity contribution in [1.82, 2.24) is 15.6 Å². The molecule has 10 heteroatoms. The number of hydrogen-bond acceptors (Lipinski definition) is 7. The summed E-state index contributed by atoms with van der Waals surface area (Å²) in [5, 5.41) is 17.1. The summed E-state index contributed by atoms with van der Waals surface area (Å²) < 4.78 is 0. The van der Waals surface area contributed by atoms with Crippen molar-refractivity contribution in [2.45, 2.75) is 43.6 Å². The maximum Gasteiger partial charge on any atom is 0.248 e. The van der Waals surface area contributed by atoms with Crippen LogP contribution in [0, 0.1) is 11.3 Å². The van der Waals surface area contributed by atoms with Crippen molar-refractivity contribution in [1.29, 1.82) is 5.26 Å². The summed E-state index contributed by atoms with van der Waals surface area (Å²) in [6.07, 6.45) is 3.38. The SMILES string of the molecule is C=C(N)c1ccc2c(c1)CCc1cc(C(N)=O)ccc1C2(CCNCC(=O)N1CCCC1C#N)/C(N)=N/NC.